The van der Waals surface area contributed by atoms with Crippen LogP contribution in [0, 0.1) is 17.0 Å². The van der Waals surface area contributed by atoms with Gasteiger partial charge < -0.3 is 15.5 Å². The highest BCUT2D eigenvalue weighted by Crippen LogP contribution is 2.23. The number of likely N-dealkylation sites (N-methyl/N-ethyl adjacent to an activating group) is 1. The Labute approximate surface area is 205 Å². The number of rotatable bonds is 8. The molecule has 1 fully saturated rings. The minimum Gasteiger partial charge on any atom is -0.381 e. The summed E-state index contributed by atoms with van der Waals surface area (Å²) in [5, 5.41) is 17.3. The minimum absolute atomic E-state index is 0.0171. The van der Waals surface area contributed by atoms with Crippen LogP contribution >= 0.6 is 0 Å². The monoisotopic (exact) mass is 473 g/mol. The number of anilines is 2. The van der Waals surface area contributed by atoms with Gasteiger partial charge in [-0.3, -0.25) is 19.8 Å². The number of hydrogen-bond donors (Lipinski definition) is 2. The van der Waals surface area contributed by atoms with Gasteiger partial charge in [-0.2, -0.15) is 0 Å². The van der Waals surface area contributed by atoms with Crippen LogP contribution in [0.1, 0.15) is 27.0 Å². The molecule has 0 atom stereocenters. The van der Waals surface area contributed by atoms with Crippen molar-refractivity contribution in [1.82, 2.24) is 9.80 Å². The Morgan fingerprint density at radius 1 is 0.914 bits per heavy atom. The topological polar surface area (TPSA) is 90.8 Å². The van der Waals surface area contributed by atoms with Crippen molar-refractivity contribution in [3.05, 3.63) is 99.1 Å². The minimum atomic E-state index is -0.451. The van der Waals surface area contributed by atoms with Crippen molar-refractivity contribution in [2.45, 2.75) is 20.0 Å². The molecule has 182 valence electrons. The molecule has 1 heterocycles. The first kappa shape index (κ1) is 24.4. The van der Waals surface area contributed by atoms with Gasteiger partial charge in [-0.15, -0.1) is 0 Å². The van der Waals surface area contributed by atoms with Gasteiger partial charge in [0.15, 0.2) is 0 Å². The Hall–Kier alpha value is -3.75. The molecule has 2 N–H and O–H groups in total. The highest BCUT2D eigenvalue weighted by molar-refractivity contribution is 6.04. The van der Waals surface area contributed by atoms with E-state index in [4.69, 9.17) is 0 Å². The summed E-state index contributed by atoms with van der Waals surface area (Å²) in [5.74, 6) is -0.307. The van der Waals surface area contributed by atoms with Gasteiger partial charge in [-0.25, -0.2) is 0 Å². The van der Waals surface area contributed by atoms with Gasteiger partial charge in [-0.1, -0.05) is 30.3 Å². The molecule has 0 saturated carbocycles. The summed E-state index contributed by atoms with van der Waals surface area (Å²) < 4.78 is 0. The number of carbonyl (C=O) groups is 1. The maximum absolute atomic E-state index is 12.6. The Balaban J connectivity index is 1.28. The van der Waals surface area contributed by atoms with E-state index in [0.29, 0.717) is 23.4 Å². The largest absolute Gasteiger partial charge is 0.381 e. The van der Waals surface area contributed by atoms with Crippen LogP contribution in [0.15, 0.2) is 66.7 Å². The molecular formula is C27H31N5O3. The zero-order valence-electron chi connectivity index (χ0n) is 20.2. The molecule has 0 aliphatic carbocycles. The molecule has 4 rings (SSSR count). The number of nitro groups is 1. The van der Waals surface area contributed by atoms with Gasteiger partial charge in [0.2, 0.25) is 0 Å². The molecule has 0 unspecified atom stereocenters. The lowest BCUT2D eigenvalue weighted by Crippen LogP contribution is -2.43. The molecule has 0 radical (unpaired) electrons. The second kappa shape index (κ2) is 11.1. The van der Waals surface area contributed by atoms with Crippen LogP contribution in [0.2, 0.25) is 0 Å². The van der Waals surface area contributed by atoms with E-state index in [-0.39, 0.29) is 11.6 Å². The number of nitro benzene ring substituents is 1. The number of nitrogens with one attached hydrogen (secondary N) is 2. The van der Waals surface area contributed by atoms with E-state index in [2.05, 4.69) is 51.7 Å². The Kier molecular flexibility index (Phi) is 7.74. The van der Waals surface area contributed by atoms with Crippen LogP contribution in [0.5, 0.6) is 0 Å². The van der Waals surface area contributed by atoms with E-state index in [1.165, 1.54) is 11.6 Å². The number of carbonyl (C=O) groups excluding carboxylic acids is 1. The third-order valence-corrected chi connectivity index (χ3v) is 6.33. The predicted octanol–water partition coefficient (Wildman–Crippen LogP) is 4.52. The van der Waals surface area contributed by atoms with Crippen molar-refractivity contribution in [2.75, 3.05) is 43.9 Å². The molecule has 1 aliphatic rings. The first-order valence-corrected chi connectivity index (χ1v) is 11.8. The fourth-order valence-corrected chi connectivity index (χ4v) is 4.06. The lowest BCUT2D eigenvalue weighted by atomic mass is 10.1. The number of amides is 1. The maximum Gasteiger partial charge on any atom is 0.274 e. The van der Waals surface area contributed by atoms with Gasteiger partial charge in [0.1, 0.15) is 0 Å². The first-order valence-electron chi connectivity index (χ1n) is 11.8. The SMILES string of the molecule is Cc1ccc(NC(=O)c2ccc(CNc3ccc(CN4CCN(C)CC4)cc3)cc2)cc1[N+](=O)[O-]. The third-order valence-electron chi connectivity index (χ3n) is 6.33. The molecule has 1 amide bonds. The summed E-state index contributed by atoms with van der Waals surface area (Å²) in [6.45, 7) is 7.74. The Morgan fingerprint density at radius 3 is 2.20 bits per heavy atom. The number of hydrogen-bond acceptors (Lipinski definition) is 6. The van der Waals surface area contributed by atoms with E-state index in [0.717, 1.165) is 44.0 Å². The summed E-state index contributed by atoms with van der Waals surface area (Å²) in [7, 11) is 2.17. The number of benzene rings is 3. The smallest absolute Gasteiger partial charge is 0.274 e. The second-order valence-corrected chi connectivity index (χ2v) is 9.04. The Bertz CT molecular complexity index is 1170. The molecule has 0 spiro atoms. The quantitative estimate of drug-likeness (QED) is 0.369. The number of nitrogens with zero attached hydrogens (tertiary/aromatic N) is 3. The summed E-state index contributed by atoms with van der Waals surface area (Å²) >= 11 is 0. The summed E-state index contributed by atoms with van der Waals surface area (Å²) in [5.41, 5.74) is 4.84. The number of piperazine rings is 1. The van der Waals surface area contributed by atoms with E-state index in [1.54, 1.807) is 31.2 Å². The second-order valence-electron chi connectivity index (χ2n) is 9.04. The van der Waals surface area contributed by atoms with Gasteiger partial charge in [0, 0.05) is 67.8 Å². The van der Waals surface area contributed by atoms with Gasteiger partial charge in [0.05, 0.1) is 4.92 Å². The zero-order chi connectivity index (χ0) is 24.8. The van der Waals surface area contributed by atoms with Crippen LogP contribution in [-0.2, 0) is 13.1 Å². The molecule has 3 aromatic carbocycles. The van der Waals surface area contributed by atoms with Crippen LogP contribution in [-0.4, -0.2) is 53.9 Å². The fraction of sp³-hybridized carbons (Fsp3) is 0.296. The van der Waals surface area contributed by atoms with E-state index in [1.807, 2.05) is 12.1 Å². The molecule has 1 saturated heterocycles. The molecule has 3 aromatic rings. The van der Waals surface area contributed by atoms with Crippen molar-refractivity contribution >= 4 is 23.0 Å². The Morgan fingerprint density at radius 2 is 1.54 bits per heavy atom. The molecule has 35 heavy (non-hydrogen) atoms. The van der Waals surface area contributed by atoms with Gasteiger partial charge >= 0.3 is 0 Å². The van der Waals surface area contributed by atoms with Crippen LogP contribution in [0.25, 0.3) is 0 Å². The normalized spacial score (nSPS) is 14.5. The standard InChI is InChI=1S/C27H31N5O3/c1-20-3-10-25(17-26(20)32(34)35)29-27(33)23-8-4-21(5-9-23)18-28-24-11-6-22(7-12-24)19-31-15-13-30(2)14-16-31/h3-12,17,28H,13-16,18-19H2,1-2H3,(H,29,33). The highest BCUT2D eigenvalue weighted by atomic mass is 16.6. The first-order chi connectivity index (χ1) is 16.9. The van der Waals surface area contributed by atoms with Crippen molar-refractivity contribution in [3.8, 4) is 0 Å². The molecule has 8 nitrogen and oxygen atoms in total. The van der Waals surface area contributed by atoms with E-state index in [9.17, 15) is 14.9 Å². The fourth-order valence-electron chi connectivity index (χ4n) is 4.06. The van der Waals surface area contributed by atoms with E-state index >= 15 is 0 Å². The summed E-state index contributed by atoms with van der Waals surface area (Å²) in [6, 6.07) is 20.5. The van der Waals surface area contributed by atoms with Crippen molar-refractivity contribution in [3.63, 3.8) is 0 Å². The van der Waals surface area contributed by atoms with Crippen LogP contribution in [0.3, 0.4) is 0 Å². The van der Waals surface area contributed by atoms with Crippen molar-refractivity contribution in [2.24, 2.45) is 0 Å². The van der Waals surface area contributed by atoms with Crippen LogP contribution < -0.4 is 10.6 Å². The maximum atomic E-state index is 12.6. The average molecular weight is 474 g/mol. The summed E-state index contributed by atoms with van der Waals surface area (Å²) in [6.07, 6.45) is 0. The highest BCUT2D eigenvalue weighted by Gasteiger charge is 2.14. The van der Waals surface area contributed by atoms with E-state index < -0.39 is 4.92 Å². The molecule has 8 heteroatoms. The summed E-state index contributed by atoms with van der Waals surface area (Å²) in [4.78, 5) is 28.1. The molecule has 0 aromatic heterocycles. The van der Waals surface area contributed by atoms with Crippen LogP contribution in [0.4, 0.5) is 17.1 Å². The molecule has 1 aliphatic heterocycles. The lowest BCUT2D eigenvalue weighted by molar-refractivity contribution is -0.385. The average Bonchev–Trinajstić information content (AvgIpc) is 2.86. The molecular weight excluding hydrogens is 442 g/mol. The molecule has 0 bridgehead atoms. The van der Waals surface area contributed by atoms with Crippen molar-refractivity contribution in [1.29, 1.82) is 0 Å². The van der Waals surface area contributed by atoms with Gasteiger partial charge in [-0.05, 0) is 55.4 Å². The third kappa shape index (κ3) is 6.65. The predicted molar refractivity (Wildman–Crippen MR) is 139 cm³/mol. The zero-order valence-corrected chi connectivity index (χ0v) is 20.2. The van der Waals surface area contributed by atoms with Gasteiger partial charge in [0.25, 0.3) is 11.6 Å². The lowest BCUT2D eigenvalue weighted by Gasteiger charge is -2.32. The number of aryl methyl sites for hydroxylation is 1. The van der Waals surface area contributed by atoms with Crippen molar-refractivity contribution < 1.29 is 9.72 Å².